The molecule has 2 aromatic rings. The van der Waals surface area contributed by atoms with Gasteiger partial charge in [0.15, 0.2) is 6.61 Å². The van der Waals surface area contributed by atoms with E-state index < -0.39 is 17.8 Å². The molecule has 0 saturated heterocycles. The van der Waals surface area contributed by atoms with Gasteiger partial charge in [-0.1, -0.05) is 24.3 Å². The summed E-state index contributed by atoms with van der Waals surface area (Å²) >= 11 is 0. The topological polar surface area (TPSA) is 108 Å². The summed E-state index contributed by atoms with van der Waals surface area (Å²) in [5.41, 5.74) is 6.29. The molecule has 0 unspecified atom stereocenters. The molecule has 28 heavy (non-hydrogen) atoms. The Labute approximate surface area is 162 Å². The van der Waals surface area contributed by atoms with Gasteiger partial charge in [0.05, 0.1) is 26.3 Å². The van der Waals surface area contributed by atoms with Crippen LogP contribution in [-0.4, -0.2) is 50.1 Å². The van der Waals surface area contributed by atoms with Crippen LogP contribution in [0.1, 0.15) is 15.9 Å². The van der Waals surface area contributed by atoms with Crippen LogP contribution < -0.4 is 15.2 Å². The molecule has 2 rings (SSSR count). The van der Waals surface area contributed by atoms with Crippen molar-refractivity contribution < 1.29 is 28.6 Å². The summed E-state index contributed by atoms with van der Waals surface area (Å²) in [5.74, 6) is -0.845. The van der Waals surface area contributed by atoms with Gasteiger partial charge < -0.3 is 24.8 Å². The number of amides is 2. The first-order valence-electron chi connectivity index (χ1n) is 8.43. The standard InChI is InChI=1S/C20H22N2O6/c1-26-15-7-5-6-14(10-15)11-22(12-18(21)23)20(25)16-8-3-4-9-17(16)28-13-19(24)27-2/h3-10H,11-13H2,1-2H3,(H2,21,23). The van der Waals surface area contributed by atoms with Crippen LogP contribution >= 0.6 is 0 Å². The molecule has 0 spiro atoms. The molecule has 8 heteroatoms. The lowest BCUT2D eigenvalue weighted by Crippen LogP contribution is -2.38. The predicted molar refractivity (Wildman–Crippen MR) is 101 cm³/mol. The molecule has 0 radical (unpaired) electrons. The highest BCUT2D eigenvalue weighted by Crippen LogP contribution is 2.22. The van der Waals surface area contributed by atoms with Crippen LogP contribution in [0.4, 0.5) is 0 Å². The second-order valence-corrected chi connectivity index (χ2v) is 5.84. The minimum absolute atomic E-state index is 0.143. The van der Waals surface area contributed by atoms with Crippen molar-refractivity contribution in [2.75, 3.05) is 27.4 Å². The molecule has 0 fully saturated rings. The average molecular weight is 386 g/mol. The number of nitrogens with two attached hydrogens (primary N) is 1. The van der Waals surface area contributed by atoms with Crippen molar-refractivity contribution >= 4 is 17.8 Å². The summed E-state index contributed by atoms with van der Waals surface area (Å²) in [6, 6.07) is 13.6. The summed E-state index contributed by atoms with van der Waals surface area (Å²) in [5, 5.41) is 0. The van der Waals surface area contributed by atoms with Gasteiger partial charge in [-0.15, -0.1) is 0 Å². The van der Waals surface area contributed by atoms with E-state index in [0.29, 0.717) is 5.75 Å². The summed E-state index contributed by atoms with van der Waals surface area (Å²) in [6.07, 6.45) is 0. The molecule has 0 aromatic heterocycles. The predicted octanol–water partition coefficient (Wildman–Crippen LogP) is 1.37. The van der Waals surface area contributed by atoms with E-state index in [-0.39, 0.29) is 31.0 Å². The van der Waals surface area contributed by atoms with Crippen LogP contribution in [0.2, 0.25) is 0 Å². The maximum absolute atomic E-state index is 13.1. The Morgan fingerprint density at radius 3 is 2.46 bits per heavy atom. The van der Waals surface area contributed by atoms with Crippen molar-refractivity contribution in [2.45, 2.75) is 6.54 Å². The van der Waals surface area contributed by atoms with Crippen LogP contribution in [0.3, 0.4) is 0 Å². The molecular weight excluding hydrogens is 364 g/mol. The van der Waals surface area contributed by atoms with Crippen molar-refractivity contribution in [3.8, 4) is 11.5 Å². The van der Waals surface area contributed by atoms with Gasteiger partial charge in [-0.25, -0.2) is 4.79 Å². The molecule has 0 heterocycles. The third-order valence-electron chi connectivity index (χ3n) is 3.83. The number of methoxy groups -OCH3 is 2. The number of esters is 1. The molecule has 2 N–H and O–H groups in total. The molecule has 0 aliphatic heterocycles. The van der Waals surface area contributed by atoms with Gasteiger partial charge in [0.1, 0.15) is 11.5 Å². The number of nitrogens with zero attached hydrogens (tertiary/aromatic N) is 1. The highest BCUT2D eigenvalue weighted by Gasteiger charge is 2.22. The van der Waals surface area contributed by atoms with Crippen LogP contribution in [-0.2, 0) is 20.9 Å². The highest BCUT2D eigenvalue weighted by atomic mass is 16.6. The number of benzene rings is 2. The second-order valence-electron chi connectivity index (χ2n) is 5.84. The van der Waals surface area contributed by atoms with E-state index in [2.05, 4.69) is 4.74 Å². The summed E-state index contributed by atoms with van der Waals surface area (Å²) in [6.45, 7) is -0.474. The fraction of sp³-hybridized carbons (Fsp3) is 0.250. The lowest BCUT2D eigenvalue weighted by molar-refractivity contribution is -0.142. The summed E-state index contributed by atoms with van der Waals surface area (Å²) in [7, 11) is 2.78. The third-order valence-corrected chi connectivity index (χ3v) is 3.83. The first-order valence-corrected chi connectivity index (χ1v) is 8.43. The molecule has 148 valence electrons. The van der Waals surface area contributed by atoms with E-state index in [1.165, 1.54) is 12.0 Å². The summed E-state index contributed by atoms with van der Waals surface area (Å²) < 4.78 is 15.1. The van der Waals surface area contributed by atoms with Gasteiger partial charge in [0.2, 0.25) is 5.91 Å². The van der Waals surface area contributed by atoms with Gasteiger partial charge in [0.25, 0.3) is 5.91 Å². The van der Waals surface area contributed by atoms with E-state index >= 15 is 0 Å². The zero-order valence-corrected chi connectivity index (χ0v) is 15.7. The lowest BCUT2D eigenvalue weighted by atomic mass is 10.1. The first kappa shape index (κ1) is 20.8. The average Bonchev–Trinajstić information content (AvgIpc) is 2.71. The van der Waals surface area contributed by atoms with Crippen molar-refractivity contribution in [2.24, 2.45) is 5.73 Å². The van der Waals surface area contributed by atoms with E-state index in [9.17, 15) is 14.4 Å². The van der Waals surface area contributed by atoms with E-state index in [1.54, 1.807) is 49.6 Å². The fourth-order valence-electron chi connectivity index (χ4n) is 2.51. The minimum Gasteiger partial charge on any atom is -0.497 e. The van der Waals surface area contributed by atoms with Gasteiger partial charge >= 0.3 is 5.97 Å². The molecule has 8 nitrogen and oxygen atoms in total. The molecule has 0 aliphatic carbocycles. The van der Waals surface area contributed by atoms with Crippen LogP contribution in [0.15, 0.2) is 48.5 Å². The van der Waals surface area contributed by atoms with Gasteiger partial charge in [-0.05, 0) is 29.8 Å². The smallest absolute Gasteiger partial charge is 0.343 e. The Morgan fingerprint density at radius 2 is 1.79 bits per heavy atom. The second kappa shape index (κ2) is 9.96. The number of rotatable bonds is 9. The van der Waals surface area contributed by atoms with Crippen LogP contribution in [0.5, 0.6) is 11.5 Å². The van der Waals surface area contributed by atoms with Gasteiger partial charge in [-0.3, -0.25) is 9.59 Å². The zero-order chi connectivity index (χ0) is 20.5. The number of carbonyl (C=O) groups is 3. The molecule has 2 aromatic carbocycles. The number of hydrogen-bond donors (Lipinski definition) is 1. The molecule has 0 aliphatic rings. The molecule has 0 bridgehead atoms. The normalized spacial score (nSPS) is 10.1. The molecule has 0 saturated carbocycles. The van der Waals surface area contributed by atoms with Crippen molar-refractivity contribution in [3.63, 3.8) is 0 Å². The van der Waals surface area contributed by atoms with E-state index in [4.69, 9.17) is 15.2 Å². The lowest BCUT2D eigenvalue weighted by Gasteiger charge is -2.23. The Balaban J connectivity index is 2.27. The monoisotopic (exact) mass is 386 g/mol. The van der Waals surface area contributed by atoms with Crippen LogP contribution in [0.25, 0.3) is 0 Å². The van der Waals surface area contributed by atoms with Crippen LogP contribution in [0, 0.1) is 0 Å². The van der Waals surface area contributed by atoms with E-state index in [0.717, 1.165) is 5.56 Å². The SMILES string of the molecule is COC(=O)COc1ccccc1C(=O)N(CC(N)=O)Cc1cccc(OC)c1. The van der Waals surface area contributed by atoms with Crippen molar-refractivity contribution in [1.82, 2.24) is 4.90 Å². The minimum atomic E-state index is -0.649. The number of carbonyl (C=O) groups excluding carboxylic acids is 3. The van der Waals surface area contributed by atoms with Crippen molar-refractivity contribution in [1.29, 1.82) is 0 Å². The Morgan fingerprint density at radius 1 is 1.04 bits per heavy atom. The summed E-state index contributed by atoms with van der Waals surface area (Å²) in [4.78, 5) is 37.2. The highest BCUT2D eigenvalue weighted by molar-refractivity contribution is 5.98. The largest absolute Gasteiger partial charge is 0.497 e. The number of primary amides is 1. The first-order chi connectivity index (χ1) is 13.4. The zero-order valence-electron chi connectivity index (χ0n) is 15.7. The quantitative estimate of drug-likeness (QED) is 0.652. The van der Waals surface area contributed by atoms with Gasteiger partial charge in [-0.2, -0.15) is 0 Å². The van der Waals surface area contributed by atoms with Gasteiger partial charge in [0, 0.05) is 6.54 Å². The molecule has 2 amide bonds. The maximum atomic E-state index is 13.1. The number of para-hydroxylation sites is 1. The Bertz CT molecular complexity index is 852. The Kier molecular flexibility index (Phi) is 7.38. The fourth-order valence-corrected chi connectivity index (χ4v) is 2.51. The maximum Gasteiger partial charge on any atom is 0.343 e. The third kappa shape index (κ3) is 5.73. The number of hydrogen-bond acceptors (Lipinski definition) is 6. The molecular formula is C20H22N2O6. The van der Waals surface area contributed by atoms with E-state index in [1.807, 2.05) is 6.07 Å². The Hall–Kier alpha value is -3.55. The molecule has 0 atom stereocenters. The van der Waals surface area contributed by atoms with Crippen molar-refractivity contribution in [3.05, 3.63) is 59.7 Å². The number of ether oxygens (including phenoxy) is 3.